The predicted octanol–water partition coefficient (Wildman–Crippen LogP) is 4.67. The van der Waals surface area contributed by atoms with Crippen molar-refractivity contribution >= 4 is 34.3 Å². The van der Waals surface area contributed by atoms with E-state index in [1.54, 1.807) is 6.07 Å². The molecule has 3 rings (SSSR count). The van der Waals surface area contributed by atoms with Crippen molar-refractivity contribution in [3.63, 3.8) is 0 Å². The normalized spacial score (nSPS) is 10.3. The molecule has 0 unspecified atom stereocenters. The second-order valence-electron chi connectivity index (χ2n) is 6.00. The number of nitrogens with one attached hydrogen (secondary N) is 3. The number of halogens is 2. The van der Waals surface area contributed by atoms with E-state index in [0.29, 0.717) is 11.4 Å². The molecule has 0 saturated carbocycles. The van der Waals surface area contributed by atoms with Crippen LogP contribution in [0.5, 0.6) is 0 Å². The van der Waals surface area contributed by atoms with Gasteiger partial charge in [-0.25, -0.2) is 8.78 Å². The largest absolute Gasteiger partial charge is 0.374 e. The van der Waals surface area contributed by atoms with Crippen LogP contribution in [0.1, 0.15) is 0 Å². The standard InChI is InChI=1S/C20H16F2N4O3/c21-13-5-7-14(8-6-13)24-18-10-9-15(26(28)29)11-19(18)23-12-20(27)25-17-4-2-1-3-16(17)22/h1-11,23-24H,12H2,(H,25,27). The summed E-state index contributed by atoms with van der Waals surface area (Å²) in [6.45, 7) is -0.256. The molecule has 0 saturated heterocycles. The van der Waals surface area contributed by atoms with E-state index < -0.39 is 22.5 Å². The predicted molar refractivity (Wildman–Crippen MR) is 106 cm³/mol. The van der Waals surface area contributed by atoms with Crippen LogP contribution in [0, 0.1) is 21.7 Å². The van der Waals surface area contributed by atoms with Crippen LogP contribution in [0.3, 0.4) is 0 Å². The summed E-state index contributed by atoms with van der Waals surface area (Å²) in [5.41, 5.74) is 1.14. The van der Waals surface area contributed by atoms with Crippen molar-refractivity contribution in [1.82, 2.24) is 0 Å². The zero-order valence-electron chi connectivity index (χ0n) is 15.0. The van der Waals surface area contributed by atoms with Gasteiger partial charge in [-0.1, -0.05) is 12.1 Å². The first kappa shape index (κ1) is 19.7. The van der Waals surface area contributed by atoms with Crippen LogP contribution in [-0.4, -0.2) is 17.4 Å². The van der Waals surface area contributed by atoms with E-state index in [9.17, 15) is 23.7 Å². The lowest BCUT2D eigenvalue weighted by Crippen LogP contribution is -2.22. The maximum atomic E-state index is 13.6. The Morgan fingerprint density at radius 2 is 1.66 bits per heavy atom. The van der Waals surface area contributed by atoms with E-state index in [-0.39, 0.29) is 23.6 Å². The van der Waals surface area contributed by atoms with Gasteiger partial charge < -0.3 is 16.0 Å². The van der Waals surface area contributed by atoms with Crippen LogP contribution in [0.15, 0.2) is 66.7 Å². The van der Waals surface area contributed by atoms with Gasteiger partial charge >= 0.3 is 0 Å². The Bertz CT molecular complexity index is 1040. The number of carbonyl (C=O) groups excluding carboxylic acids is 1. The Morgan fingerprint density at radius 3 is 2.34 bits per heavy atom. The Morgan fingerprint density at radius 1 is 0.931 bits per heavy atom. The number of hydrogen-bond donors (Lipinski definition) is 3. The fraction of sp³-hybridized carbons (Fsp3) is 0.0500. The Balaban J connectivity index is 1.75. The van der Waals surface area contributed by atoms with Gasteiger partial charge in [-0.3, -0.25) is 14.9 Å². The van der Waals surface area contributed by atoms with Crippen molar-refractivity contribution < 1.29 is 18.5 Å². The van der Waals surface area contributed by atoms with E-state index in [1.807, 2.05) is 0 Å². The van der Waals surface area contributed by atoms with E-state index in [4.69, 9.17) is 0 Å². The fourth-order valence-electron chi connectivity index (χ4n) is 2.52. The average Bonchev–Trinajstić information content (AvgIpc) is 2.70. The summed E-state index contributed by atoms with van der Waals surface area (Å²) >= 11 is 0. The lowest BCUT2D eigenvalue weighted by molar-refractivity contribution is -0.384. The molecule has 0 aliphatic rings. The van der Waals surface area contributed by atoms with Gasteiger partial charge in [-0.2, -0.15) is 0 Å². The summed E-state index contributed by atoms with van der Waals surface area (Å²) in [4.78, 5) is 22.6. The fourth-order valence-corrected chi connectivity index (χ4v) is 2.52. The highest BCUT2D eigenvalue weighted by Crippen LogP contribution is 2.29. The van der Waals surface area contributed by atoms with Gasteiger partial charge in [0.25, 0.3) is 5.69 Å². The molecule has 0 aliphatic heterocycles. The highest BCUT2D eigenvalue weighted by molar-refractivity contribution is 5.94. The second-order valence-corrected chi connectivity index (χ2v) is 6.00. The Hall–Kier alpha value is -4.01. The molecular formula is C20H16F2N4O3. The lowest BCUT2D eigenvalue weighted by atomic mass is 10.2. The zero-order chi connectivity index (χ0) is 20.8. The molecule has 0 fully saturated rings. The molecule has 0 radical (unpaired) electrons. The second kappa shape index (κ2) is 8.79. The van der Waals surface area contributed by atoms with Crippen molar-refractivity contribution in [1.29, 1.82) is 0 Å². The molecule has 9 heteroatoms. The van der Waals surface area contributed by atoms with Crippen LogP contribution < -0.4 is 16.0 Å². The summed E-state index contributed by atoms with van der Waals surface area (Å²) in [5.74, 6) is -1.51. The van der Waals surface area contributed by atoms with E-state index in [1.165, 1.54) is 60.7 Å². The smallest absolute Gasteiger partial charge is 0.271 e. The number of hydrogen-bond acceptors (Lipinski definition) is 5. The SMILES string of the molecule is O=C(CNc1cc([N+](=O)[O-])ccc1Nc1ccc(F)cc1)Nc1ccccc1F. The van der Waals surface area contributed by atoms with Gasteiger partial charge in [-0.15, -0.1) is 0 Å². The Labute approximate surface area is 164 Å². The van der Waals surface area contributed by atoms with Gasteiger partial charge in [0.15, 0.2) is 0 Å². The van der Waals surface area contributed by atoms with Crippen molar-refractivity contribution in [2.24, 2.45) is 0 Å². The highest BCUT2D eigenvalue weighted by atomic mass is 19.1. The summed E-state index contributed by atoms with van der Waals surface area (Å²) in [5, 5.41) is 19.3. The number of nitrogens with zero attached hydrogens (tertiary/aromatic N) is 1. The topological polar surface area (TPSA) is 96.3 Å². The molecule has 0 heterocycles. The molecule has 0 aromatic heterocycles. The van der Waals surface area contributed by atoms with E-state index >= 15 is 0 Å². The van der Waals surface area contributed by atoms with Crippen molar-refractivity contribution in [3.8, 4) is 0 Å². The number of non-ortho nitro benzene ring substituents is 1. The number of nitro groups is 1. The van der Waals surface area contributed by atoms with Crippen LogP contribution >= 0.6 is 0 Å². The zero-order valence-corrected chi connectivity index (χ0v) is 15.0. The van der Waals surface area contributed by atoms with Gasteiger partial charge in [0.05, 0.1) is 28.5 Å². The quantitative estimate of drug-likeness (QED) is 0.397. The molecule has 1 amide bonds. The molecule has 7 nitrogen and oxygen atoms in total. The number of rotatable bonds is 7. The first-order valence-electron chi connectivity index (χ1n) is 8.51. The number of amides is 1. The van der Waals surface area contributed by atoms with E-state index in [0.717, 1.165) is 0 Å². The molecular weight excluding hydrogens is 382 g/mol. The van der Waals surface area contributed by atoms with Gasteiger partial charge in [0.2, 0.25) is 5.91 Å². The summed E-state index contributed by atoms with van der Waals surface area (Å²) in [7, 11) is 0. The van der Waals surface area contributed by atoms with Crippen molar-refractivity contribution in [2.45, 2.75) is 0 Å². The van der Waals surface area contributed by atoms with Crippen LogP contribution in [0.4, 0.5) is 37.2 Å². The Kier molecular flexibility index (Phi) is 5.98. The maximum absolute atomic E-state index is 13.6. The van der Waals surface area contributed by atoms with Crippen molar-refractivity contribution in [3.05, 3.63) is 88.5 Å². The first-order chi connectivity index (χ1) is 13.9. The minimum Gasteiger partial charge on any atom is -0.374 e. The monoisotopic (exact) mass is 398 g/mol. The van der Waals surface area contributed by atoms with Crippen molar-refractivity contribution in [2.75, 3.05) is 22.5 Å². The number of para-hydroxylation sites is 1. The number of benzene rings is 3. The average molecular weight is 398 g/mol. The molecule has 3 N–H and O–H groups in total. The molecule has 148 valence electrons. The van der Waals surface area contributed by atoms with Crippen LogP contribution in [-0.2, 0) is 4.79 Å². The molecule has 0 spiro atoms. The molecule has 29 heavy (non-hydrogen) atoms. The summed E-state index contributed by atoms with van der Waals surface area (Å²) in [6.07, 6.45) is 0. The van der Waals surface area contributed by atoms with Gasteiger partial charge in [0, 0.05) is 17.8 Å². The summed E-state index contributed by atoms with van der Waals surface area (Å²) in [6, 6.07) is 15.3. The van der Waals surface area contributed by atoms with Gasteiger partial charge in [0.1, 0.15) is 11.6 Å². The van der Waals surface area contributed by atoms with E-state index in [2.05, 4.69) is 16.0 Å². The van der Waals surface area contributed by atoms with Gasteiger partial charge in [-0.05, 0) is 42.5 Å². The minimum absolute atomic E-state index is 0.0306. The van der Waals surface area contributed by atoms with Crippen LogP contribution in [0.25, 0.3) is 0 Å². The number of carbonyl (C=O) groups is 1. The molecule has 0 aliphatic carbocycles. The first-order valence-corrected chi connectivity index (χ1v) is 8.51. The third-order valence-corrected chi connectivity index (χ3v) is 3.92. The molecule has 3 aromatic rings. The third-order valence-electron chi connectivity index (χ3n) is 3.92. The number of anilines is 4. The maximum Gasteiger partial charge on any atom is 0.271 e. The third kappa shape index (κ3) is 5.25. The highest BCUT2D eigenvalue weighted by Gasteiger charge is 2.13. The number of nitro benzene ring substituents is 1. The summed E-state index contributed by atoms with van der Waals surface area (Å²) < 4.78 is 26.7. The molecule has 3 aromatic carbocycles. The van der Waals surface area contributed by atoms with Crippen LogP contribution in [0.2, 0.25) is 0 Å². The molecule has 0 bridgehead atoms. The molecule has 0 atom stereocenters. The minimum atomic E-state index is -0.574. The lowest BCUT2D eigenvalue weighted by Gasteiger charge is -2.14.